The molecule has 0 aromatic heterocycles. The van der Waals surface area contributed by atoms with Crippen LogP contribution in [-0.4, -0.2) is 22.2 Å². The average Bonchev–Trinajstić information content (AvgIpc) is 1.36. The molecule has 0 rings (SSSR count). The molecule has 0 bridgehead atoms. The van der Waals surface area contributed by atoms with Gasteiger partial charge < -0.3 is 10.2 Å². The molecule has 0 aliphatic rings. The van der Waals surface area contributed by atoms with Crippen LogP contribution in [0.2, 0.25) is 0 Å². The van der Waals surface area contributed by atoms with Gasteiger partial charge >= 0.3 is 11.9 Å². The Balaban J connectivity index is 0. The first-order valence-electron chi connectivity index (χ1n) is 1.11. The summed E-state index contributed by atoms with van der Waals surface area (Å²) in [7, 11) is 0. The molecule has 0 aromatic rings. The van der Waals surface area contributed by atoms with E-state index in [0.717, 1.165) is 0 Å². The van der Waals surface area contributed by atoms with Crippen LogP contribution in [0.3, 0.4) is 0 Å². The molecule has 0 fully saturated rings. The minimum Gasteiger partial charge on any atom is -0.473 e. The fourth-order valence-corrected chi connectivity index (χ4v) is 0. The summed E-state index contributed by atoms with van der Waals surface area (Å²) in [5, 5.41) is 14.8. The van der Waals surface area contributed by atoms with Crippen LogP contribution in [0, 0.1) is 0 Å². The molecular weight excluding hydrogens is 339 g/mol. The van der Waals surface area contributed by atoms with Crippen molar-refractivity contribution in [2.24, 2.45) is 0 Å². The molecular formula is C2H2CfO4. The van der Waals surface area contributed by atoms with Crippen molar-refractivity contribution in [2.75, 3.05) is 0 Å². The number of hydrogen-bond acceptors (Lipinski definition) is 2. The Bertz CT molecular complexity index is 75.7. The molecule has 0 saturated heterocycles. The molecule has 0 atom stereocenters. The van der Waals surface area contributed by atoms with Crippen LogP contribution in [0.25, 0.3) is 0 Å². The van der Waals surface area contributed by atoms with Gasteiger partial charge in [0.25, 0.3) is 0 Å². The fourth-order valence-electron chi connectivity index (χ4n) is 0. The maximum absolute atomic E-state index is 9.10. The van der Waals surface area contributed by atoms with E-state index >= 15 is 0 Å². The second-order valence-electron chi connectivity index (χ2n) is 0.610. The molecule has 0 heterocycles. The smallest absolute Gasteiger partial charge is 0.414 e. The summed E-state index contributed by atoms with van der Waals surface area (Å²) in [5.41, 5.74) is 0. The van der Waals surface area contributed by atoms with Crippen molar-refractivity contribution in [3.8, 4) is 0 Å². The molecule has 0 unspecified atom stereocenters. The first kappa shape index (κ1) is 8.87. The summed E-state index contributed by atoms with van der Waals surface area (Å²) < 4.78 is 0. The summed E-state index contributed by atoms with van der Waals surface area (Å²) in [5.74, 6) is -3.65. The van der Waals surface area contributed by atoms with Crippen LogP contribution in [-0.2, 0) is 9.59 Å². The van der Waals surface area contributed by atoms with Crippen molar-refractivity contribution in [3.63, 3.8) is 0 Å². The van der Waals surface area contributed by atoms with Crippen molar-refractivity contribution in [2.45, 2.75) is 0 Å². The zero-order valence-corrected chi connectivity index (χ0v) is 5.66. The van der Waals surface area contributed by atoms with Gasteiger partial charge in [-0.05, 0) is 0 Å². The number of carboxylic acid groups (broad SMARTS) is 2. The molecule has 0 radical (unpaired) electrons. The van der Waals surface area contributed by atoms with Crippen LogP contribution in [0.5, 0.6) is 0 Å². The van der Waals surface area contributed by atoms with Crippen molar-refractivity contribution >= 4 is 11.9 Å². The molecule has 0 saturated carbocycles. The predicted molar refractivity (Wildman–Crippen MR) is 15.3 cm³/mol. The van der Waals surface area contributed by atoms with Crippen LogP contribution < -0.4 is 0 Å². The minimum atomic E-state index is -1.82. The third-order valence-corrected chi connectivity index (χ3v) is 0.183. The van der Waals surface area contributed by atoms with Gasteiger partial charge in [-0.25, -0.2) is 9.59 Å². The van der Waals surface area contributed by atoms with Gasteiger partial charge in [-0.1, -0.05) is 0 Å². The van der Waals surface area contributed by atoms with E-state index in [1.54, 1.807) is 0 Å². The summed E-state index contributed by atoms with van der Waals surface area (Å²) in [4.78, 5) is 18.2. The first-order chi connectivity index (χ1) is 2.64. The molecule has 2 N–H and O–H groups in total. The standard InChI is InChI=1S/C2H2O4.Cf/c3-1(4)2(5)6;/h(H,3,4)(H,5,6);. The number of aliphatic carboxylic acids is 2. The molecule has 5 heteroatoms. The summed E-state index contributed by atoms with van der Waals surface area (Å²) in [6.07, 6.45) is 0. The fraction of sp³-hybridized carbons (Fsp3) is 0. The Kier molecular flexibility index (Phi) is 2.78. The van der Waals surface area contributed by atoms with Gasteiger partial charge in [0.15, 0.2) is 0 Å². The SMILES string of the molecule is O=C(O)C(=O)O.[Cf]. The first-order valence-corrected chi connectivity index (χ1v) is 1.11. The Hall–Kier alpha value is -2.06. The van der Waals surface area contributed by atoms with Gasteiger partial charge in [-0.3, -0.25) is 0 Å². The topological polar surface area (TPSA) is 74.6 Å². The molecule has 0 amide bonds. The van der Waals surface area contributed by atoms with Gasteiger partial charge in [-0.15, -0.1) is 0 Å². The summed E-state index contributed by atoms with van der Waals surface area (Å²) in [6, 6.07) is 0. The Labute approximate surface area is 33.0 Å². The van der Waals surface area contributed by atoms with E-state index in [0.29, 0.717) is 0 Å². The molecule has 0 aliphatic heterocycles. The van der Waals surface area contributed by atoms with Crippen LogP contribution in [0.15, 0.2) is 0 Å². The van der Waals surface area contributed by atoms with Gasteiger partial charge in [0.2, 0.25) is 0 Å². The summed E-state index contributed by atoms with van der Waals surface area (Å²) >= 11 is 0. The second kappa shape index (κ2) is 2.19. The quantitative estimate of drug-likeness (QED) is 0.564. The van der Waals surface area contributed by atoms with Crippen molar-refractivity contribution in [3.05, 3.63) is 0 Å². The third kappa shape index (κ3) is 3.94. The van der Waals surface area contributed by atoms with Crippen LogP contribution >= 0.6 is 0 Å². The molecule has 7 heavy (non-hydrogen) atoms. The van der Waals surface area contributed by atoms with Crippen molar-refractivity contribution in [1.82, 2.24) is 0 Å². The van der Waals surface area contributed by atoms with Crippen LogP contribution in [0.4, 0.5) is 0 Å². The van der Waals surface area contributed by atoms with Crippen molar-refractivity contribution in [1.29, 1.82) is 0 Å². The monoisotopic (exact) mass is 339 g/mol. The number of hydrogen-bond donors (Lipinski definition) is 2. The van der Waals surface area contributed by atoms with E-state index in [-0.39, 0.29) is 0 Å². The minimum absolute atomic E-state index is 0. The normalized spacial score (nSPS) is 6.29. The zero-order chi connectivity index (χ0) is 5.15. The van der Waals surface area contributed by atoms with E-state index in [2.05, 4.69) is 0 Å². The van der Waals surface area contributed by atoms with Gasteiger partial charge in [0.05, 0.1) is 0 Å². The maximum atomic E-state index is 9.10. The largest absolute Gasteiger partial charge is 0.473 e. The van der Waals surface area contributed by atoms with Crippen LogP contribution in [0.1, 0.15) is 0 Å². The molecule has 44 valence electrons. The molecule has 0 aliphatic carbocycles. The molecule has 0 spiro atoms. The van der Waals surface area contributed by atoms with Gasteiger partial charge in [0.1, 0.15) is 0 Å². The Morgan fingerprint density at radius 2 is 1.14 bits per heavy atom. The maximum Gasteiger partial charge on any atom is 0.414 e. The van der Waals surface area contributed by atoms with E-state index in [9.17, 15) is 0 Å². The number of rotatable bonds is 0. The Morgan fingerprint density at radius 1 is 1.00 bits per heavy atom. The van der Waals surface area contributed by atoms with Gasteiger partial charge in [0, 0.05) is 0 Å². The van der Waals surface area contributed by atoms with E-state index in [4.69, 9.17) is 19.8 Å². The molecule has 0 aromatic carbocycles. The average molecular weight is 341 g/mol. The van der Waals surface area contributed by atoms with Crippen molar-refractivity contribution < 1.29 is 19.8 Å². The number of carboxylic acids is 2. The summed E-state index contributed by atoms with van der Waals surface area (Å²) in [6.45, 7) is 0. The van der Waals surface area contributed by atoms with E-state index in [1.807, 2.05) is 0 Å². The predicted octanol–water partition coefficient (Wildman–Crippen LogP) is -0.844. The number of carbonyl (C=O) groups is 2. The molecule has 4 nitrogen and oxygen atoms in total. The Morgan fingerprint density at radius 3 is 1.14 bits per heavy atom. The third-order valence-electron chi connectivity index (χ3n) is 0.183. The second-order valence-corrected chi connectivity index (χ2v) is 0.610. The van der Waals surface area contributed by atoms with E-state index < -0.39 is 11.9 Å². The van der Waals surface area contributed by atoms with E-state index in [1.165, 1.54) is 0 Å². The van der Waals surface area contributed by atoms with Gasteiger partial charge in [-0.2, -0.15) is 0 Å². The zero-order valence-electron chi connectivity index (χ0n) is 3.03.